The predicted octanol–water partition coefficient (Wildman–Crippen LogP) is 3.96. The van der Waals surface area contributed by atoms with Gasteiger partial charge in [-0.25, -0.2) is 4.39 Å². The molecule has 0 unspecified atom stereocenters. The SMILES string of the molecule is CCC(C)(C)OC(=NC)c1cnc2c(F)cccc2c1. The van der Waals surface area contributed by atoms with Gasteiger partial charge in [-0.1, -0.05) is 19.1 Å². The Morgan fingerprint density at radius 2 is 2.15 bits per heavy atom. The summed E-state index contributed by atoms with van der Waals surface area (Å²) in [5.74, 6) is 0.203. The second-order valence-electron chi connectivity index (χ2n) is 5.28. The number of fused-ring (bicyclic) bond motifs is 1. The van der Waals surface area contributed by atoms with Crippen molar-refractivity contribution in [2.45, 2.75) is 32.8 Å². The molecule has 0 amide bonds. The van der Waals surface area contributed by atoms with Crippen LogP contribution in [-0.2, 0) is 4.74 Å². The Labute approximate surface area is 118 Å². The van der Waals surface area contributed by atoms with Crippen LogP contribution in [0.25, 0.3) is 10.9 Å². The summed E-state index contributed by atoms with van der Waals surface area (Å²) < 4.78 is 19.5. The summed E-state index contributed by atoms with van der Waals surface area (Å²) in [6, 6.07) is 6.75. The van der Waals surface area contributed by atoms with Crippen molar-refractivity contribution in [1.82, 2.24) is 4.98 Å². The highest BCUT2D eigenvalue weighted by Crippen LogP contribution is 2.20. The first kappa shape index (κ1) is 14.4. The van der Waals surface area contributed by atoms with Gasteiger partial charge in [0.15, 0.2) is 0 Å². The number of hydrogen-bond acceptors (Lipinski definition) is 3. The smallest absolute Gasteiger partial charge is 0.217 e. The Hall–Kier alpha value is -1.97. The number of pyridine rings is 1. The highest BCUT2D eigenvalue weighted by molar-refractivity contribution is 5.97. The summed E-state index contributed by atoms with van der Waals surface area (Å²) in [5.41, 5.74) is 0.819. The molecule has 2 aromatic rings. The molecule has 106 valence electrons. The van der Waals surface area contributed by atoms with Crippen LogP contribution in [0.4, 0.5) is 4.39 Å². The van der Waals surface area contributed by atoms with Crippen molar-refractivity contribution < 1.29 is 9.13 Å². The molecule has 0 atom stereocenters. The molecule has 0 aliphatic rings. The summed E-state index contributed by atoms with van der Waals surface area (Å²) >= 11 is 0. The third-order valence-electron chi connectivity index (χ3n) is 3.34. The lowest BCUT2D eigenvalue weighted by Crippen LogP contribution is -2.27. The Balaban J connectivity index is 2.41. The lowest BCUT2D eigenvalue weighted by Gasteiger charge is -2.25. The van der Waals surface area contributed by atoms with E-state index >= 15 is 0 Å². The minimum absolute atomic E-state index is 0.300. The average molecular weight is 274 g/mol. The fraction of sp³-hybridized carbons (Fsp3) is 0.375. The zero-order valence-electron chi connectivity index (χ0n) is 12.3. The second kappa shape index (κ2) is 5.57. The van der Waals surface area contributed by atoms with Gasteiger partial charge in [0.25, 0.3) is 0 Å². The molecule has 0 radical (unpaired) electrons. The highest BCUT2D eigenvalue weighted by atomic mass is 19.1. The molecular weight excluding hydrogens is 255 g/mol. The molecule has 0 saturated heterocycles. The van der Waals surface area contributed by atoms with E-state index in [1.165, 1.54) is 6.07 Å². The molecule has 2 rings (SSSR count). The molecule has 0 aliphatic carbocycles. The molecule has 20 heavy (non-hydrogen) atoms. The van der Waals surface area contributed by atoms with Crippen LogP contribution in [0.1, 0.15) is 32.8 Å². The zero-order chi connectivity index (χ0) is 14.8. The van der Waals surface area contributed by atoms with Gasteiger partial charge in [0, 0.05) is 18.6 Å². The standard InChI is InChI=1S/C16H19FN2O/c1-5-16(2,3)20-15(18-4)12-9-11-7-6-8-13(17)14(11)19-10-12/h6-10H,5H2,1-4H3. The van der Waals surface area contributed by atoms with E-state index in [0.717, 1.165) is 17.4 Å². The largest absolute Gasteiger partial charge is 0.471 e. The van der Waals surface area contributed by atoms with Crippen LogP contribution < -0.4 is 0 Å². The van der Waals surface area contributed by atoms with Crippen molar-refractivity contribution >= 4 is 16.8 Å². The van der Waals surface area contributed by atoms with Gasteiger partial charge in [-0.3, -0.25) is 9.98 Å². The van der Waals surface area contributed by atoms with E-state index in [9.17, 15) is 4.39 Å². The first-order chi connectivity index (χ1) is 9.46. The monoisotopic (exact) mass is 274 g/mol. The third kappa shape index (κ3) is 2.95. The number of hydrogen-bond donors (Lipinski definition) is 0. The number of benzene rings is 1. The van der Waals surface area contributed by atoms with Crippen molar-refractivity contribution in [1.29, 1.82) is 0 Å². The minimum Gasteiger partial charge on any atom is -0.471 e. The van der Waals surface area contributed by atoms with Crippen molar-refractivity contribution in [3.8, 4) is 0 Å². The van der Waals surface area contributed by atoms with Gasteiger partial charge in [-0.2, -0.15) is 0 Å². The number of halogens is 1. The van der Waals surface area contributed by atoms with Gasteiger partial charge < -0.3 is 4.74 Å². The van der Waals surface area contributed by atoms with Crippen molar-refractivity contribution in [2.24, 2.45) is 4.99 Å². The average Bonchev–Trinajstić information content (AvgIpc) is 2.45. The van der Waals surface area contributed by atoms with Crippen molar-refractivity contribution in [3.05, 3.63) is 41.8 Å². The third-order valence-corrected chi connectivity index (χ3v) is 3.34. The quantitative estimate of drug-likeness (QED) is 0.627. The van der Waals surface area contributed by atoms with Gasteiger partial charge in [0.2, 0.25) is 5.90 Å². The Morgan fingerprint density at radius 3 is 2.80 bits per heavy atom. The normalized spacial score (nSPS) is 12.8. The topological polar surface area (TPSA) is 34.5 Å². The van der Waals surface area contributed by atoms with E-state index in [4.69, 9.17) is 4.74 Å². The number of para-hydroxylation sites is 1. The van der Waals surface area contributed by atoms with E-state index in [1.807, 2.05) is 26.0 Å². The second-order valence-corrected chi connectivity index (χ2v) is 5.28. The summed E-state index contributed by atoms with van der Waals surface area (Å²) in [6.45, 7) is 6.07. The molecule has 0 fully saturated rings. The van der Waals surface area contributed by atoms with E-state index in [1.54, 1.807) is 19.3 Å². The Kier molecular flexibility index (Phi) is 4.02. The summed E-state index contributed by atoms with van der Waals surface area (Å²) in [7, 11) is 1.68. The van der Waals surface area contributed by atoms with E-state index < -0.39 is 0 Å². The van der Waals surface area contributed by atoms with E-state index in [2.05, 4.69) is 16.9 Å². The predicted molar refractivity (Wildman–Crippen MR) is 79.6 cm³/mol. The molecule has 1 aromatic carbocycles. The lowest BCUT2D eigenvalue weighted by atomic mass is 10.1. The van der Waals surface area contributed by atoms with Crippen LogP contribution in [-0.4, -0.2) is 23.5 Å². The molecule has 0 bridgehead atoms. The van der Waals surface area contributed by atoms with Crippen LogP contribution in [0.15, 0.2) is 35.5 Å². The highest BCUT2D eigenvalue weighted by Gasteiger charge is 2.20. The van der Waals surface area contributed by atoms with E-state index in [-0.39, 0.29) is 11.4 Å². The minimum atomic E-state index is -0.321. The number of ether oxygens (including phenoxy) is 1. The van der Waals surface area contributed by atoms with Crippen molar-refractivity contribution in [3.63, 3.8) is 0 Å². The molecule has 0 saturated carbocycles. The fourth-order valence-corrected chi connectivity index (χ4v) is 1.81. The van der Waals surface area contributed by atoms with Crippen LogP contribution >= 0.6 is 0 Å². The number of rotatable bonds is 3. The molecule has 4 heteroatoms. The first-order valence-electron chi connectivity index (χ1n) is 6.67. The molecule has 3 nitrogen and oxygen atoms in total. The summed E-state index contributed by atoms with van der Waals surface area (Å²) in [4.78, 5) is 8.35. The summed E-state index contributed by atoms with van der Waals surface area (Å²) in [5, 5.41) is 0.738. The molecule has 0 N–H and O–H groups in total. The molecular formula is C16H19FN2O. The van der Waals surface area contributed by atoms with Gasteiger partial charge >= 0.3 is 0 Å². The van der Waals surface area contributed by atoms with Gasteiger partial charge in [-0.15, -0.1) is 0 Å². The zero-order valence-corrected chi connectivity index (χ0v) is 12.3. The number of aromatic nitrogens is 1. The molecule has 0 aliphatic heterocycles. The Bertz CT molecular complexity index is 650. The van der Waals surface area contributed by atoms with Gasteiger partial charge in [0.1, 0.15) is 16.9 Å². The number of aliphatic imine (C=N–C) groups is 1. The summed E-state index contributed by atoms with van der Waals surface area (Å²) in [6.07, 6.45) is 2.46. The maximum atomic E-state index is 13.6. The van der Waals surface area contributed by atoms with Gasteiger partial charge in [0.05, 0.1) is 5.56 Å². The molecule has 1 aromatic heterocycles. The number of nitrogens with zero attached hydrogens (tertiary/aromatic N) is 2. The first-order valence-corrected chi connectivity index (χ1v) is 6.67. The van der Waals surface area contributed by atoms with Crippen LogP contribution in [0.3, 0.4) is 0 Å². The molecule has 1 heterocycles. The van der Waals surface area contributed by atoms with Crippen molar-refractivity contribution in [2.75, 3.05) is 7.05 Å². The van der Waals surface area contributed by atoms with Crippen LogP contribution in [0.2, 0.25) is 0 Å². The van der Waals surface area contributed by atoms with Gasteiger partial charge in [-0.05, 0) is 32.4 Å². The molecule has 0 spiro atoms. The van der Waals surface area contributed by atoms with E-state index in [0.29, 0.717) is 11.4 Å². The van der Waals surface area contributed by atoms with Crippen LogP contribution in [0, 0.1) is 5.82 Å². The lowest BCUT2D eigenvalue weighted by molar-refractivity contribution is 0.0921. The Morgan fingerprint density at radius 1 is 1.40 bits per heavy atom. The van der Waals surface area contributed by atoms with Crippen LogP contribution in [0.5, 0.6) is 0 Å². The maximum Gasteiger partial charge on any atom is 0.217 e. The fourth-order valence-electron chi connectivity index (χ4n) is 1.81. The maximum absolute atomic E-state index is 13.6.